The molecule has 3 atom stereocenters. The van der Waals surface area contributed by atoms with Gasteiger partial charge in [-0.1, -0.05) is 13.8 Å². The van der Waals surface area contributed by atoms with Crippen molar-refractivity contribution in [1.82, 2.24) is 15.1 Å². The van der Waals surface area contributed by atoms with Gasteiger partial charge in [0.2, 0.25) is 0 Å². The molecule has 1 N–H and O–H groups in total. The molecule has 3 heterocycles. The smallest absolute Gasteiger partial charge is 0.0264 e. The molecule has 0 spiro atoms. The normalized spacial score (nSPS) is 40.1. The van der Waals surface area contributed by atoms with Gasteiger partial charge in [-0.25, -0.2) is 0 Å². The SMILES string of the molecule is CC(C)C1CN(C2CCN3CCCC23)CCN1. The Morgan fingerprint density at radius 2 is 1.82 bits per heavy atom. The Kier molecular flexibility index (Phi) is 3.42. The molecule has 3 fully saturated rings. The maximum absolute atomic E-state index is 3.68. The minimum Gasteiger partial charge on any atom is -0.311 e. The zero-order valence-corrected chi connectivity index (χ0v) is 11.4. The van der Waals surface area contributed by atoms with Gasteiger partial charge in [-0.2, -0.15) is 0 Å². The lowest BCUT2D eigenvalue weighted by Gasteiger charge is -2.41. The average Bonchev–Trinajstić information content (AvgIpc) is 2.90. The molecule has 3 heteroatoms. The van der Waals surface area contributed by atoms with Gasteiger partial charge in [0.05, 0.1) is 0 Å². The summed E-state index contributed by atoms with van der Waals surface area (Å²) in [7, 11) is 0. The molecule has 0 saturated carbocycles. The molecule has 3 aliphatic heterocycles. The standard InChI is InChI=1S/C14H27N3/c1-11(2)12-10-17(9-6-15-12)14-5-8-16-7-3-4-13(14)16/h11-15H,3-10H2,1-2H3. The van der Waals surface area contributed by atoms with E-state index >= 15 is 0 Å². The molecule has 0 amide bonds. The fraction of sp³-hybridized carbons (Fsp3) is 1.00. The summed E-state index contributed by atoms with van der Waals surface area (Å²) in [5.41, 5.74) is 0. The molecule has 0 aromatic heterocycles. The number of nitrogens with one attached hydrogen (secondary N) is 1. The van der Waals surface area contributed by atoms with Gasteiger partial charge < -0.3 is 5.32 Å². The Morgan fingerprint density at radius 3 is 2.65 bits per heavy atom. The van der Waals surface area contributed by atoms with E-state index in [4.69, 9.17) is 0 Å². The van der Waals surface area contributed by atoms with Gasteiger partial charge >= 0.3 is 0 Å². The van der Waals surface area contributed by atoms with Crippen LogP contribution in [0.3, 0.4) is 0 Å². The van der Waals surface area contributed by atoms with Crippen LogP contribution in [0.1, 0.15) is 33.1 Å². The van der Waals surface area contributed by atoms with Crippen LogP contribution in [-0.2, 0) is 0 Å². The van der Waals surface area contributed by atoms with Gasteiger partial charge in [0.25, 0.3) is 0 Å². The summed E-state index contributed by atoms with van der Waals surface area (Å²) < 4.78 is 0. The van der Waals surface area contributed by atoms with E-state index < -0.39 is 0 Å². The lowest BCUT2D eigenvalue weighted by Crippen LogP contribution is -2.57. The van der Waals surface area contributed by atoms with E-state index in [-0.39, 0.29) is 0 Å². The lowest BCUT2D eigenvalue weighted by atomic mass is 9.98. The van der Waals surface area contributed by atoms with Gasteiger partial charge in [-0.3, -0.25) is 9.80 Å². The maximum atomic E-state index is 3.68. The highest BCUT2D eigenvalue weighted by Gasteiger charge is 2.41. The van der Waals surface area contributed by atoms with Crippen LogP contribution in [-0.4, -0.2) is 60.6 Å². The Bertz CT molecular complexity index is 266. The van der Waals surface area contributed by atoms with Crippen LogP contribution in [0.2, 0.25) is 0 Å². The van der Waals surface area contributed by atoms with E-state index in [1.807, 2.05) is 0 Å². The Balaban J connectivity index is 1.63. The van der Waals surface area contributed by atoms with Crippen LogP contribution < -0.4 is 5.32 Å². The fourth-order valence-electron chi connectivity index (χ4n) is 4.03. The van der Waals surface area contributed by atoms with Crippen LogP contribution >= 0.6 is 0 Å². The minimum atomic E-state index is 0.708. The number of nitrogens with zero attached hydrogens (tertiary/aromatic N) is 2. The number of piperazine rings is 1. The van der Waals surface area contributed by atoms with Gasteiger partial charge in [-0.15, -0.1) is 0 Å². The van der Waals surface area contributed by atoms with E-state index in [1.54, 1.807) is 0 Å². The number of hydrogen-bond donors (Lipinski definition) is 1. The molecule has 17 heavy (non-hydrogen) atoms. The highest BCUT2D eigenvalue weighted by molar-refractivity contribution is 4.98. The predicted molar refractivity (Wildman–Crippen MR) is 71.2 cm³/mol. The van der Waals surface area contributed by atoms with Gasteiger partial charge in [0.1, 0.15) is 0 Å². The van der Waals surface area contributed by atoms with Crippen molar-refractivity contribution in [3.63, 3.8) is 0 Å². The maximum Gasteiger partial charge on any atom is 0.0264 e. The summed E-state index contributed by atoms with van der Waals surface area (Å²) in [6, 6.07) is 2.46. The van der Waals surface area contributed by atoms with Gasteiger partial charge in [0, 0.05) is 44.3 Å². The molecule has 3 saturated heterocycles. The van der Waals surface area contributed by atoms with Crippen LogP contribution in [0.25, 0.3) is 0 Å². The lowest BCUT2D eigenvalue weighted by molar-refractivity contribution is 0.107. The highest BCUT2D eigenvalue weighted by atomic mass is 15.3. The van der Waals surface area contributed by atoms with Crippen molar-refractivity contribution in [2.75, 3.05) is 32.7 Å². The number of hydrogen-bond acceptors (Lipinski definition) is 3. The molecule has 3 nitrogen and oxygen atoms in total. The summed E-state index contributed by atoms with van der Waals surface area (Å²) in [6.45, 7) is 11.1. The zero-order valence-electron chi connectivity index (χ0n) is 11.4. The van der Waals surface area contributed by atoms with E-state index in [0.717, 1.165) is 18.0 Å². The summed E-state index contributed by atoms with van der Waals surface area (Å²) in [6.07, 6.45) is 4.29. The Morgan fingerprint density at radius 1 is 1.00 bits per heavy atom. The van der Waals surface area contributed by atoms with E-state index in [0.29, 0.717) is 6.04 Å². The minimum absolute atomic E-state index is 0.708. The second-order valence-electron chi connectivity index (χ2n) is 6.40. The van der Waals surface area contributed by atoms with Crippen LogP contribution in [0.4, 0.5) is 0 Å². The molecule has 3 rings (SSSR count). The third kappa shape index (κ3) is 2.25. The summed E-state index contributed by atoms with van der Waals surface area (Å²) in [4.78, 5) is 5.52. The van der Waals surface area contributed by atoms with Crippen molar-refractivity contribution in [3.05, 3.63) is 0 Å². The molecule has 0 aliphatic carbocycles. The monoisotopic (exact) mass is 237 g/mol. The van der Waals surface area contributed by atoms with E-state index in [1.165, 1.54) is 52.0 Å². The molecule has 0 bridgehead atoms. The largest absolute Gasteiger partial charge is 0.311 e. The third-order valence-corrected chi connectivity index (χ3v) is 5.08. The van der Waals surface area contributed by atoms with Crippen molar-refractivity contribution in [1.29, 1.82) is 0 Å². The van der Waals surface area contributed by atoms with Gasteiger partial charge in [-0.05, 0) is 31.7 Å². The number of fused-ring (bicyclic) bond motifs is 1. The van der Waals surface area contributed by atoms with Crippen LogP contribution in [0.15, 0.2) is 0 Å². The second-order valence-corrected chi connectivity index (χ2v) is 6.40. The molecule has 0 aromatic carbocycles. The molecule has 3 unspecified atom stereocenters. The second kappa shape index (κ2) is 4.87. The average molecular weight is 237 g/mol. The van der Waals surface area contributed by atoms with E-state index in [2.05, 4.69) is 29.0 Å². The molecule has 0 radical (unpaired) electrons. The first kappa shape index (κ1) is 11.9. The quantitative estimate of drug-likeness (QED) is 0.777. The molecule has 98 valence electrons. The fourth-order valence-corrected chi connectivity index (χ4v) is 4.03. The van der Waals surface area contributed by atoms with E-state index in [9.17, 15) is 0 Å². The van der Waals surface area contributed by atoms with Crippen LogP contribution in [0, 0.1) is 5.92 Å². The van der Waals surface area contributed by atoms with Gasteiger partial charge in [0.15, 0.2) is 0 Å². The zero-order chi connectivity index (χ0) is 11.8. The first-order valence-electron chi connectivity index (χ1n) is 7.47. The number of rotatable bonds is 2. The molecular formula is C14H27N3. The first-order valence-corrected chi connectivity index (χ1v) is 7.47. The summed E-state index contributed by atoms with van der Waals surface area (Å²) >= 11 is 0. The van der Waals surface area contributed by atoms with Crippen molar-refractivity contribution in [2.24, 2.45) is 5.92 Å². The third-order valence-electron chi connectivity index (χ3n) is 5.08. The van der Waals surface area contributed by atoms with Crippen molar-refractivity contribution in [3.8, 4) is 0 Å². The topological polar surface area (TPSA) is 18.5 Å². The van der Waals surface area contributed by atoms with Crippen molar-refractivity contribution >= 4 is 0 Å². The highest BCUT2D eigenvalue weighted by Crippen LogP contribution is 2.31. The van der Waals surface area contributed by atoms with Crippen molar-refractivity contribution in [2.45, 2.75) is 51.2 Å². The Labute approximate surface area is 106 Å². The molecular weight excluding hydrogens is 210 g/mol. The predicted octanol–water partition coefficient (Wildman–Crippen LogP) is 1.15. The molecule has 3 aliphatic rings. The summed E-state index contributed by atoms with van der Waals surface area (Å²) in [5, 5.41) is 3.68. The molecule has 0 aromatic rings. The van der Waals surface area contributed by atoms with Crippen molar-refractivity contribution < 1.29 is 0 Å². The first-order chi connectivity index (χ1) is 8.25. The summed E-state index contributed by atoms with van der Waals surface area (Å²) in [5.74, 6) is 0.763. The van der Waals surface area contributed by atoms with Crippen LogP contribution in [0.5, 0.6) is 0 Å². The Hall–Kier alpha value is -0.120.